The molecule has 1 amide bonds. The van der Waals surface area contributed by atoms with Crippen LogP contribution in [0.25, 0.3) is 0 Å². The van der Waals surface area contributed by atoms with E-state index in [1.165, 1.54) is 0 Å². The van der Waals surface area contributed by atoms with Gasteiger partial charge in [-0.25, -0.2) is 0 Å². The van der Waals surface area contributed by atoms with Crippen molar-refractivity contribution < 1.29 is 14.3 Å². The molecule has 1 aromatic carbocycles. The van der Waals surface area contributed by atoms with Crippen molar-refractivity contribution in [3.63, 3.8) is 0 Å². The number of nitrogens with two attached hydrogens (primary N) is 1. The molecule has 3 N–H and O–H groups in total. The SMILES string of the molecule is COc1ccc(OCCC(=O)NCCCCN)cc1.Cl. The Morgan fingerprint density at radius 1 is 1.20 bits per heavy atom. The number of carbonyl (C=O) groups is 1. The first-order chi connectivity index (χ1) is 9.26. The van der Waals surface area contributed by atoms with Gasteiger partial charge in [-0.15, -0.1) is 12.4 Å². The lowest BCUT2D eigenvalue weighted by Gasteiger charge is -2.07. The number of rotatable bonds is 9. The molecule has 0 saturated heterocycles. The van der Waals surface area contributed by atoms with Gasteiger partial charge in [-0.05, 0) is 43.7 Å². The molecule has 114 valence electrons. The standard InChI is InChI=1S/C14H22N2O3.ClH/c1-18-12-4-6-13(7-5-12)19-11-8-14(17)16-10-3-2-9-15;/h4-7H,2-3,8-11,15H2,1H3,(H,16,17);1H. The maximum Gasteiger partial charge on any atom is 0.223 e. The molecule has 0 saturated carbocycles. The van der Waals surface area contributed by atoms with Gasteiger partial charge in [0.15, 0.2) is 0 Å². The van der Waals surface area contributed by atoms with Crippen molar-refractivity contribution in [3.8, 4) is 11.5 Å². The highest BCUT2D eigenvalue weighted by molar-refractivity contribution is 5.85. The van der Waals surface area contributed by atoms with E-state index < -0.39 is 0 Å². The quantitative estimate of drug-likeness (QED) is 0.682. The highest BCUT2D eigenvalue weighted by Gasteiger charge is 2.01. The van der Waals surface area contributed by atoms with E-state index in [2.05, 4.69) is 5.32 Å². The summed E-state index contributed by atoms with van der Waals surface area (Å²) >= 11 is 0. The second-order valence-corrected chi connectivity index (χ2v) is 4.12. The first kappa shape index (κ1) is 18.5. The third-order valence-electron chi connectivity index (χ3n) is 2.61. The third-order valence-corrected chi connectivity index (χ3v) is 2.61. The third kappa shape index (κ3) is 7.86. The second kappa shape index (κ2) is 11.4. The van der Waals surface area contributed by atoms with Crippen LogP contribution in [-0.4, -0.2) is 32.7 Å². The Balaban J connectivity index is 0.00000361. The van der Waals surface area contributed by atoms with Crippen molar-refractivity contribution in [2.24, 2.45) is 5.73 Å². The Labute approximate surface area is 126 Å². The lowest BCUT2D eigenvalue weighted by Crippen LogP contribution is -2.26. The van der Waals surface area contributed by atoms with Gasteiger partial charge in [0, 0.05) is 6.54 Å². The van der Waals surface area contributed by atoms with Crippen molar-refractivity contribution in [2.45, 2.75) is 19.3 Å². The van der Waals surface area contributed by atoms with Gasteiger partial charge in [-0.1, -0.05) is 0 Å². The summed E-state index contributed by atoms with van der Waals surface area (Å²) in [5.74, 6) is 1.52. The molecule has 0 spiro atoms. The molecule has 20 heavy (non-hydrogen) atoms. The summed E-state index contributed by atoms with van der Waals surface area (Å²) in [4.78, 5) is 11.5. The number of methoxy groups -OCH3 is 1. The maximum absolute atomic E-state index is 11.5. The summed E-state index contributed by atoms with van der Waals surface area (Å²) in [7, 11) is 1.62. The number of nitrogens with one attached hydrogen (secondary N) is 1. The molecule has 6 heteroatoms. The zero-order valence-electron chi connectivity index (χ0n) is 11.8. The Hall–Kier alpha value is -1.46. The molecular weight excluding hydrogens is 280 g/mol. The van der Waals surface area contributed by atoms with Gasteiger partial charge >= 0.3 is 0 Å². The number of hydrogen-bond acceptors (Lipinski definition) is 4. The van der Waals surface area contributed by atoms with Gasteiger partial charge < -0.3 is 20.5 Å². The van der Waals surface area contributed by atoms with Gasteiger partial charge in [-0.2, -0.15) is 0 Å². The number of unbranched alkanes of at least 4 members (excludes halogenated alkanes) is 1. The molecule has 0 aliphatic heterocycles. The fraction of sp³-hybridized carbons (Fsp3) is 0.500. The van der Waals surface area contributed by atoms with E-state index in [-0.39, 0.29) is 18.3 Å². The van der Waals surface area contributed by atoms with Crippen LogP contribution in [-0.2, 0) is 4.79 Å². The van der Waals surface area contributed by atoms with Crippen LogP contribution in [0, 0.1) is 0 Å². The van der Waals surface area contributed by atoms with E-state index >= 15 is 0 Å². The molecule has 1 aromatic rings. The van der Waals surface area contributed by atoms with Crippen molar-refractivity contribution in [1.82, 2.24) is 5.32 Å². The van der Waals surface area contributed by atoms with Crippen LogP contribution in [0.3, 0.4) is 0 Å². The van der Waals surface area contributed by atoms with Crippen LogP contribution < -0.4 is 20.5 Å². The van der Waals surface area contributed by atoms with Crippen LogP contribution in [0.5, 0.6) is 11.5 Å². The predicted octanol–water partition coefficient (Wildman–Crippen LogP) is 1.74. The molecular formula is C14H23ClN2O3. The van der Waals surface area contributed by atoms with Crippen molar-refractivity contribution >= 4 is 18.3 Å². The van der Waals surface area contributed by atoms with E-state index in [0.717, 1.165) is 24.3 Å². The Bertz CT molecular complexity index is 371. The Kier molecular flexibility index (Phi) is 10.5. The van der Waals surface area contributed by atoms with Gasteiger partial charge in [0.25, 0.3) is 0 Å². The van der Waals surface area contributed by atoms with E-state index in [1.54, 1.807) is 7.11 Å². The fourth-order valence-electron chi connectivity index (χ4n) is 1.52. The molecule has 0 unspecified atom stereocenters. The molecule has 5 nitrogen and oxygen atoms in total. The van der Waals surface area contributed by atoms with Crippen LogP contribution in [0.1, 0.15) is 19.3 Å². The summed E-state index contributed by atoms with van der Waals surface area (Å²) in [5.41, 5.74) is 5.37. The predicted molar refractivity (Wildman–Crippen MR) is 81.7 cm³/mol. The molecule has 1 rings (SSSR count). The van der Waals surface area contributed by atoms with Crippen molar-refractivity contribution in [3.05, 3.63) is 24.3 Å². The monoisotopic (exact) mass is 302 g/mol. The van der Waals surface area contributed by atoms with Crippen LogP contribution in [0.4, 0.5) is 0 Å². The number of amides is 1. The molecule has 0 aliphatic carbocycles. The Morgan fingerprint density at radius 2 is 1.85 bits per heavy atom. The Morgan fingerprint density at radius 3 is 2.45 bits per heavy atom. The largest absolute Gasteiger partial charge is 0.497 e. The van der Waals surface area contributed by atoms with Gasteiger partial charge in [-0.3, -0.25) is 4.79 Å². The van der Waals surface area contributed by atoms with Crippen LogP contribution in [0.15, 0.2) is 24.3 Å². The molecule has 0 aromatic heterocycles. The zero-order valence-corrected chi connectivity index (χ0v) is 12.6. The minimum absolute atomic E-state index is 0. The maximum atomic E-state index is 11.5. The van der Waals surface area contributed by atoms with E-state index in [4.69, 9.17) is 15.2 Å². The summed E-state index contributed by atoms with van der Waals surface area (Å²) in [6.07, 6.45) is 2.21. The number of ether oxygens (including phenoxy) is 2. The van der Waals surface area contributed by atoms with E-state index in [1.807, 2.05) is 24.3 Å². The molecule has 0 heterocycles. The van der Waals surface area contributed by atoms with Crippen molar-refractivity contribution in [1.29, 1.82) is 0 Å². The normalized spacial score (nSPS) is 9.50. The van der Waals surface area contributed by atoms with Crippen LogP contribution >= 0.6 is 12.4 Å². The summed E-state index contributed by atoms with van der Waals surface area (Å²) in [6.45, 7) is 1.71. The summed E-state index contributed by atoms with van der Waals surface area (Å²) in [5, 5.41) is 2.83. The first-order valence-electron chi connectivity index (χ1n) is 6.50. The van der Waals surface area contributed by atoms with E-state index in [9.17, 15) is 4.79 Å². The summed E-state index contributed by atoms with van der Waals surface area (Å²) < 4.78 is 10.5. The highest BCUT2D eigenvalue weighted by atomic mass is 35.5. The molecule has 0 fully saturated rings. The second-order valence-electron chi connectivity index (χ2n) is 4.12. The lowest BCUT2D eigenvalue weighted by atomic mass is 10.3. The van der Waals surface area contributed by atoms with Gasteiger partial charge in [0.1, 0.15) is 11.5 Å². The number of benzene rings is 1. The molecule has 0 aliphatic rings. The lowest BCUT2D eigenvalue weighted by molar-refractivity contribution is -0.121. The fourth-order valence-corrected chi connectivity index (χ4v) is 1.52. The first-order valence-corrected chi connectivity index (χ1v) is 6.50. The average molecular weight is 303 g/mol. The number of carbonyl (C=O) groups excluding carboxylic acids is 1. The molecule has 0 bridgehead atoms. The molecule has 0 atom stereocenters. The summed E-state index contributed by atoms with van der Waals surface area (Å²) in [6, 6.07) is 7.28. The zero-order chi connectivity index (χ0) is 13.9. The minimum Gasteiger partial charge on any atom is -0.497 e. The minimum atomic E-state index is 0. The topological polar surface area (TPSA) is 73.6 Å². The number of halogens is 1. The smallest absolute Gasteiger partial charge is 0.223 e. The number of hydrogen-bond donors (Lipinski definition) is 2. The van der Waals surface area contributed by atoms with Crippen molar-refractivity contribution in [2.75, 3.05) is 26.8 Å². The molecule has 0 radical (unpaired) electrons. The average Bonchev–Trinajstić information content (AvgIpc) is 2.44. The van der Waals surface area contributed by atoms with E-state index in [0.29, 0.717) is 26.1 Å². The van der Waals surface area contributed by atoms with Gasteiger partial charge in [0.05, 0.1) is 20.1 Å². The highest BCUT2D eigenvalue weighted by Crippen LogP contribution is 2.16. The van der Waals surface area contributed by atoms with Gasteiger partial charge in [0.2, 0.25) is 5.91 Å². The van der Waals surface area contributed by atoms with Crippen LogP contribution in [0.2, 0.25) is 0 Å².